The summed E-state index contributed by atoms with van der Waals surface area (Å²) in [5.74, 6) is 0.609. The number of ether oxygens (including phenoxy) is 1. The van der Waals surface area contributed by atoms with Crippen LogP contribution in [0.2, 0.25) is 0 Å². The summed E-state index contributed by atoms with van der Waals surface area (Å²) in [6.45, 7) is 0. The van der Waals surface area contributed by atoms with Gasteiger partial charge in [0.2, 0.25) is 5.88 Å². The van der Waals surface area contributed by atoms with Crippen molar-refractivity contribution in [2.75, 3.05) is 7.11 Å². The highest BCUT2D eigenvalue weighted by atomic mass is 16.5. The third kappa shape index (κ3) is 1.80. The number of pyridine rings is 2. The molecule has 3 aromatic rings. The van der Waals surface area contributed by atoms with Crippen LogP contribution in [-0.2, 0) is 0 Å². The molecule has 88 valence electrons. The highest BCUT2D eigenvalue weighted by molar-refractivity contribution is 5.87. The second-order valence-electron chi connectivity index (χ2n) is 3.98. The van der Waals surface area contributed by atoms with Gasteiger partial charge in [0.25, 0.3) is 0 Å². The molecule has 0 atom stereocenters. The normalized spacial score (nSPS) is 10.5. The SMILES string of the molecule is COc1nccc2ncc(-c3ccccc3)cc12. The number of aromatic nitrogens is 2. The first-order chi connectivity index (χ1) is 8.88. The van der Waals surface area contributed by atoms with Gasteiger partial charge in [-0.2, -0.15) is 0 Å². The van der Waals surface area contributed by atoms with Crippen LogP contribution < -0.4 is 4.74 Å². The van der Waals surface area contributed by atoms with E-state index in [0.717, 1.165) is 22.0 Å². The third-order valence-electron chi connectivity index (χ3n) is 2.87. The molecule has 2 heterocycles. The van der Waals surface area contributed by atoms with Crippen molar-refractivity contribution in [3.8, 4) is 17.0 Å². The third-order valence-corrected chi connectivity index (χ3v) is 2.87. The molecule has 0 bridgehead atoms. The topological polar surface area (TPSA) is 35.0 Å². The van der Waals surface area contributed by atoms with Gasteiger partial charge in [0.15, 0.2) is 0 Å². The van der Waals surface area contributed by atoms with Crippen molar-refractivity contribution in [1.29, 1.82) is 0 Å². The fraction of sp³-hybridized carbons (Fsp3) is 0.0667. The van der Waals surface area contributed by atoms with Crippen LogP contribution in [0.5, 0.6) is 5.88 Å². The van der Waals surface area contributed by atoms with Crippen LogP contribution in [0.25, 0.3) is 22.0 Å². The molecule has 3 nitrogen and oxygen atoms in total. The summed E-state index contributed by atoms with van der Waals surface area (Å²) in [5, 5.41) is 0.932. The number of benzene rings is 1. The number of hydrogen-bond acceptors (Lipinski definition) is 3. The Labute approximate surface area is 105 Å². The number of rotatable bonds is 2. The monoisotopic (exact) mass is 236 g/mol. The molecule has 0 radical (unpaired) electrons. The molecule has 18 heavy (non-hydrogen) atoms. The molecule has 3 rings (SSSR count). The minimum Gasteiger partial charge on any atom is -0.481 e. The lowest BCUT2D eigenvalue weighted by Gasteiger charge is -2.06. The van der Waals surface area contributed by atoms with Crippen molar-refractivity contribution >= 4 is 10.9 Å². The Bertz CT molecular complexity index is 680. The lowest BCUT2D eigenvalue weighted by molar-refractivity contribution is 0.403. The maximum Gasteiger partial charge on any atom is 0.222 e. The van der Waals surface area contributed by atoms with Crippen molar-refractivity contribution in [3.63, 3.8) is 0 Å². The van der Waals surface area contributed by atoms with Crippen LogP contribution >= 0.6 is 0 Å². The fourth-order valence-electron chi connectivity index (χ4n) is 1.98. The molecule has 2 aromatic heterocycles. The van der Waals surface area contributed by atoms with Gasteiger partial charge in [-0.3, -0.25) is 4.98 Å². The first-order valence-electron chi connectivity index (χ1n) is 5.72. The molecule has 0 amide bonds. The van der Waals surface area contributed by atoms with Crippen molar-refractivity contribution in [2.45, 2.75) is 0 Å². The van der Waals surface area contributed by atoms with E-state index in [1.807, 2.05) is 30.5 Å². The average molecular weight is 236 g/mol. The standard InChI is InChI=1S/C15H12N2O/c1-18-15-13-9-12(11-5-3-2-4-6-11)10-17-14(13)7-8-16-15/h2-10H,1H3. The molecule has 1 aromatic carbocycles. The van der Waals surface area contributed by atoms with E-state index in [2.05, 4.69) is 28.2 Å². The van der Waals surface area contributed by atoms with Crippen LogP contribution in [-0.4, -0.2) is 17.1 Å². The van der Waals surface area contributed by atoms with E-state index >= 15 is 0 Å². The number of hydrogen-bond donors (Lipinski definition) is 0. The Kier molecular flexibility index (Phi) is 2.65. The van der Waals surface area contributed by atoms with E-state index in [-0.39, 0.29) is 0 Å². The van der Waals surface area contributed by atoms with E-state index < -0.39 is 0 Å². The van der Waals surface area contributed by atoms with E-state index in [1.54, 1.807) is 13.3 Å². The smallest absolute Gasteiger partial charge is 0.222 e. The zero-order valence-electron chi connectivity index (χ0n) is 10.00. The molecule has 0 unspecified atom stereocenters. The predicted octanol–water partition coefficient (Wildman–Crippen LogP) is 3.31. The molecule has 0 N–H and O–H groups in total. The van der Waals surface area contributed by atoms with Crippen LogP contribution in [0.4, 0.5) is 0 Å². The van der Waals surface area contributed by atoms with Gasteiger partial charge < -0.3 is 4.74 Å². The summed E-state index contributed by atoms with van der Waals surface area (Å²) >= 11 is 0. The summed E-state index contributed by atoms with van der Waals surface area (Å²) in [5.41, 5.74) is 3.09. The van der Waals surface area contributed by atoms with E-state index in [4.69, 9.17) is 4.74 Å². The Morgan fingerprint density at radius 2 is 1.78 bits per heavy atom. The molecule has 0 fully saturated rings. The lowest BCUT2D eigenvalue weighted by Crippen LogP contribution is -1.90. The first kappa shape index (κ1) is 10.7. The van der Waals surface area contributed by atoms with Gasteiger partial charge in [0.05, 0.1) is 18.0 Å². The van der Waals surface area contributed by atoms with Gasteiger partial charge in [-0.1, -0.05) is 30.3 Å². The number of methoxy groups -OCH3 is 1. The molecule has 0 aliphatic rings. The number of nitrogens with zero attached hydrogens (tertiary/aromatic N) is 2. The number of fused-ring (bicyclic) bond motifs is 1. The van der Waals surface area contributed by atoms with Crippen molar-refractivity contribution in [2.24, 2.45) is 0 Å². The van der Waals surface area contributed by atoms with Crippen LogP contribution in [0.1, 0.15) is 0 Å². The van der Waals surface area contributed by atoms with Crippen LogP contribution in [0.15, 0.2) is 54.9 Å². The van der Waals surface area contributed by atoms with Crippen LogP contribution in [0, 0.1) is 0 Å². The van der Waals surface area contributed by atoms with E-state index in [1.165, 1.54) is 0 Å². The van der Waals surface area contributed by atoms with Gasteiger partial charge >= 0.3 is 0 Å². The van der Waals surface area contributed by atoms with Crippen molar-refractivity contribution < 1.29 is 4.74 Å². The van der Waals surface area contributed by atoms with Crippen molar-refractivity contribution in [3.05, 3.63) is 54.9 Å². The Hall–Kier alpha value is -2.42. The summed E-state index contributed by atoms with van der Waals surface area (Å²) < 4.78 is 5.27. The largest absolute Gasteiger partial charge is 0.481 e. The average Bonchev–Trinajstić information content (AvgIpc) is 2.47. The molecule has 0 spiro atoms. The van der Waals surface area contributed by atoms with Gasteiger partial charge in [0, 0.05) is 18.0 Å². The van der Waals surface area contributed by atoms with Gasteiger partial charge in [0.1, 0.15) is 0 Å². The molecular formula is C15H12N2O. The van der Waals surface area contributed by atoms with E-state index in [0.29, 0.717) is 5.88 Å². The zero-order chi connectivity index (χ0) is 12.4. The van der Waals surface area contributed by atoms with Crippen LogP contribution in [0.3, 0.4) is 0 Å². The lowest BCUT2D eigenvalue weighted by atomic mass is 10.1. The van der Waals surface area contributed by atoms with Crippen molar-refractivity contribution in [1.82, 2.24) is 9.97 Å². The summed E-state index contributed by atoms with van der Waals surface area (Å²) in [7, 11) is 1.62. The van der Waals surface area contributed by atoms with E-state index in [9.17, 15) is 0 Å². The van der Waals surface area contributed by atoms with Gasteiger partial charge in [-0.25, -0.2) is 4.98 Å². The summed E-state index contributed by atoms with van der Waals surface area (Å²) in [6.07, 6.45) is 3.58. The molecule has 0 aliphatic carbocycles. The van der Waals surface area contributed by atoms with Gasteiger partial charge in [-0.05, 0) is 17.7 Å². The Balaban J connectivity index is 2.22. The Morgan fingerprint density at radius 1 is 0.944 bits per heavy atom. The molecule has 0 saturated heterocycles. The maximum atomic E-state index is 5.27. The fourth-order valence-corrected chi connectivity index (χ4v) is 1.98. The molecule has 3 heteroatoms. The molecule has 0 saturated carbocycles. The summed E-state index contributed by atoms with van der Waals surface area (Å²) in [6, 6.07) is 14.1. The summed E-state index contributed by atoms with van der Waals surface area (Å²) in [4.78, 5) is 8.64. The molecular weight excluding hydrogens is 224 g/mol. The molecule has 0 aliphatic heterocycles. The first-order valence-corrected chi connectivity index (χ1v) is 5.72. The highest BCUT2D eigenvalue weighted by Gasteiger charge is 2.05. The minimum absolute atomic E-state index is 0.609. The quantitative estimate of drug-likeness (QED) is 0.684. The highest BCUT2D eigenvalue weighted by Crippen LogP contribution is 2.26. The predicted molar refractivity (Wildman–Crippen MR) is 71.5 cm³/mol. The Morgan fingerprint density at radius 3 is 2.56 bits per heavy atom. The van der Waals surface area contributed by atoms with Gasteiger partial charge in [-0.15, -0.1) is 0 Å². The maximum absolute atomic E-state index is 5.27. The second-order valence-corrected chi connectivity index (χ2v) is 3.98. The second kappa shape index (κ2) is 4.45. The zero-order valence-corrected chi connectivity index (χ0v) is 10.00. The minimum atomic E-state index is 0.609.